The van der Waals surface area contributed by atoms with Crippen molar-refractivity contribution in [3.63, 3.8) is 0 Å². The number of furan rings is 1. The number of piperidine rings is 1. The van der Waals surface area contributed by atoms with Crippen LogP contribution >= 0.6 is 0 Å². The highest BCUT2D eigenvalue weighted by molar-refractivity contribution is 6.10. The molecule has 0 unspecified atom stereocenters. The van der Waals surface area contributed by atoms with E-state index in [-0.39, 0.29) is 5.91 Å². The first-order chi connectivity index (χ1) is 10.7. The molecule has 0 bridgehead atoms. The first kappa shape index (κ1) is 13.5. The Morgan fingerprint density at radius 2 is 2.05 bits per heavy atom. The minimum Gasteiger partial charge on any atom is -0.442 e. The van der Waals surface area contributed by atoms with Gasteiger partial charge >= 0.3 is 0 Å². The van der Waals surface area contributed by atoms with Crippen LogP contribution in [0.2, 0.25) is 0 Å². The van der Waals surface area contributed by atoms with Gasteiger partial charge in [0.2, 0.25) is 5.71 Å². The Hall–Kier alpha value is -2.11. The van der Waals surface area contributed by atoms with Gasteiger partial charge in [0.05, 0.1) is 10.9 Å². The number of carbonyl (C=O) groups excluding carboxylic acids is 1. The maximum Gasteiger partial charge on any atom is 0.255 e. The van der Waals surface area contributed by atoms with Crippen molar-refractivity contribution in [2.45, 2.75) is 45.1 Å². The number of rotatable bonds is 3. The van der Waals surface area contributed by atoms with Crippen LogP contribution in [-0.2, 0) is 0 Å². The van der Waals surface area contributed by atoms with E-state index in [0.29, 0.717) is 23.1 Å². The van der Waals surface area contributed by atoms with Crippen molar-refractivity contribution in [2.75, 3.05) is 18.0 Å². The zero-order valence-electron chi connectivity index (χ0n) is 12.8. The maximum absolute atomic E-state index is 12.6. The van der Waals surface area contributed by atoms with Gasteiger partial charge in [0.15, 0.2) is 0 Å². The molecule has 0 spiro atoms. The second kappa shape index (κ2) is 5.26. The molecule has 1 saturated carbocycles. The lowest BCUT2D eigenvalue weighted by Crippen LogP contribution is -2.31. The predicted octanol–water partition coefficient (Wildman–Crippen LogP) is 2.41. The Morgan fingerprint density at radius 3 is 2.77 bits per heavy atom. The minimum absolute atomic E-state index is 0.0631. The molecular formula is C16H20N4O2. The molecule has 0 radical (unpaired) electrons. The van der Waals surface area contributed by atoms with Crippen LogP contribution in [0.15, 0.2) is 10.7 Å². The van der Waals surface area contributed by atoms with Gasteiger partial charge in [-0.15, -0.1) is 0 Å². The van der Waals surface area contributed by atoms with Crippen LogP contribution in [0.4, 0.5) is 5.82 Å². The average Bonchev–Trinajstić information content (AvgIpc) is 3.27. The molecule has 6 nitrogen and oxygen atoms in total. The van der Waals surface area contributed by atoms with Crippen molar-refractivity contribution in [1.82, 2.24) is 15.3 Å². The van der Waals surface area contributed by atoms with Crippen LogP contribution in [0, 0.1) is 6.92 Å². The molecule has 2 aliphatic rings. The predicted molar refractivity (Wildman–Crippen MR) is 83.1 cm³/mol. The molecule has 1 aliphatic heterocycles. The van der Waals surface area contributed by atoms with Crippen molar-refractivity contribution in [2.24, 2.45) is 0 Å². The summed E-state index contributed by atoms with van der Waals surface area (Å²) in [7, 11) is 0. The summed E-state index contributed by atoms with van der Waals surface area (Å²) in [6, 6.07) is 0.319. The number of nitrogens with zero attached hydrogens (tertiary/aromatic N) is 3. The molecule has 116 valence electrons. The Kier molecular flexibility index (Phi) is 3.24. The summed E-state index contributed by atoms with van der Waals surface area (Å²) in [5.41, 5.74) is 1.11. The van der Waals surface area contributed by atoms with Crippen molar-refractivity contribution in [1.29, 1.82) is 0 Å². The fourth-order valence-electron chi connectivity index (χ4n) is 3.13. The fraction of sp³-hybridized carbons (Fsp3) is 0.562. The van der Waals surface area contributed by atoms with Crippen LogP contribution < -0.4 is 10.2 Å². The van der Waals surface area contributed by atoms with Crippen molar-refractivity contribution in [3.8, 4) is 0 Å². The molecule has 1 aliphatic carbocycles. The third-order valence-corrected chi connectivity index (χ3v) is 4.44. The largest absolute Gasteiger partial charge is 0.442 e. The number of amides is 1. The fourth-order valence-corrected chi connectivity index (χ4v) is 3.13. The third-order valence-electron chi connectivity index (χ3n) is 4.44. The molecular weight excluding hydrogens is 280 g/mol. The van der Waals surface area contributed by atoms with Crippen LogP contribution in [-0.4, -0.2) is 35.0 Å². The van der Waals surface area contributed by atoms with Crippen molar-refractivity contribution in [3.05, 3.63) is 17.7 Å². The summed E-state index contributed by atoms with van der Waals surface area (Å²) in [4.78, 5) is 23.5. The normalized spacial score (nSPS) is 18.7. The van der Waals surface area contributed by atoms with E-state index in [9.17, 15) is 4.79 Å². The highest BCUT2D eigenvalue weighted by Gasteiger charge is 2.29. The Labute approximate surface area is 128 Å². The quantitative estimate of drug-likeness (QED) is 0.942. The van der Waals surface area contributed by atoms with Gasteiger partial charge in [-0.05, 0) is 39.0 Å². The lowest BCUT2D eigenvalue weighted by atomic mass is 10.1. The zero-order valence-corrected chi connectivity index (χ0v) is 12.8. The van der Waals surface area contributed by atoms with Crippen LogP contribution in [0.25, 0.3) is 11.1 Å². The highest BCUT2D eigenvalue weighted by Crippen LogP contribution is 2.33. The van der Waals surface area contributed by atoms with E-state index in [0.717, 1.165) is 50.0 Å². The smallest absolute Gasteiger partial charge is 0.255 e. The van der Waals surface area contributed by atoms with Gasteiger partial charge in [0.25, 0.3) is 5.91 Å². The van der Waals surface area contributed by atoms with Crippen molar-refractivity contribution < 1.29 is 9.21 Å². The molecule has 1 amide bonds. The number of nitrogens with one attached hydrogen (secondary N) is 1. The Morgan fingerprint density at radius 1 is 1.27 bits per heavy atom. The zero-order chi connectivity index (χ0) is 15.1. The van der Waals surface area contributed by atoms with Crippen LogP contribution in [0.1, 0.15) is 48.2 Å². The van der Waals surface area contributed by atoms with Gasteiger partial charge in [-0.3, -0.25) is 4.79 Å². The summed E-state index contributed by atoms with van der Waals surface area (Å²) < 4.78 is 5.72. The molecule has 1 N–H and O–H groups in total. The molecule has 2 fully saturated rings. The van der Waals surface area contributed by atoms with Gasteiger partial charge in [-0.1, -0.05) is 0 Å². The van der Waals surface area contributed by atoms with E-state index in [1.807, 2.05) is 6.92 Å². The van der Waals surface area contributed by atoms with Crippen LogP contribution in [0.3, 0.4) is 0 Å². The van der Waals surface area contributed by atoms with Gasteiger partial charge in [0, 0.05) is 19.1 Å². The summed E-state index contributed by atoms with van der Waals surface area (Å²) in [6.45, 7) is 3.77. The summed E-state index contributed by atoms with van der Waals surface area (Å²) in [6.07, 6.45) is 7.23. The van der Waals surface area contributed by atoms with E-state index >= 15 is 0 Å². The maximum atomic E-state index is 12.6. The van der Waals surface area contributed by atoms with E-state index in [4.69, 9.17) is 4.42 Å². The molecule has 1 saturated heterocycles. The van der Waals surface area contributed by atoms with Gasteiger partial charge in [-0.25, -0.2) is 9.97 Å². The molecule has 2 aromatic rings. The average molecular weight is 300 g/mol. The molecule has 3 heterocycles. The lowest BCUT2D eigenvalue weighted by Gasteiger charge is -2.28. The molecule has 2 aromatic heterocycles. The number of carbonyl (C=O) groups is 1. The second-order valence-electron chi connectivity index (χ2n) is 6.21. The molecule has 6 heteroatoms. The van der Waals surface area contributed by atoms with Crippen LogP contribution in [0.5, 0.6) is 0 Å². The minimum atomic E-state index is -0.0631. The Balaban J connectivity index is 1.80. The SMILES string of the molecule is Cc1oc2ncnc(N3CCCCC3)c2c1C(=O)NC1CC1. The van der Waals surface area contributed by atoms with E-state index < -0.39 is 0 Å². The number of aromatic nitrogens is 2. The lowest BCUT2D eigenvalue weighted by molar-refractivity contribution is 0.0951. The van der Waals surface area contributed by atoms with Gasteiger partial charge in [-0.2, -0.15) is 0 Å². The first-order valence-electron chi connectivity index (χ1n) is 8.04. The number of hydrogen-bond donors (Lipinski definition) is 1. The van der Waals surface area contributed by atoms with Gasteiger partial charge < -0.3 is 14.6 Å². The van der Waals surface area contributed by atoms with E-state index in [1.54, 1.807) is 0 Å². The third kappa shape index (κ3) is 2.32. The van der Waals surface area contributed by atoms with Gasteiger partial charge in [0.1, 0.15) is 17.9 Å². The Bertz CT molecular complexity index is 714. The summed E-state index contributed by atoms with van der Waals surface area (Å²) >= 11 is 0. The number of hydrogen-bond acceptors (Lipinski definition) is 5. The monoisotopic (exact) mass is 300 g/mol. The molecule has 0 aromatic carbocycles. The highest BCUT2D eigenvalue weighted by atomic mass is 16.3. The molecule has 4 rings (SSSR count). The standard InChI is InChI=1S/C16H20N4O2/c1-10-12(15(21)19-11-5-6-11)13-14(17-9-18-16(13)22-10)20-7-3-2-4-8-20/h9,11H,2-8H2,1H3,(H,19,21). The van der Waals surface area contributed by atoms with Crippen molar-refractivity contribution >= 4 is 22.8 Å². The summed E-state index contributed by atoms with van der Waals surface area (Å²) in [5, 5.41) is 3.81. The number of anilines is 1. The van der Waals surface area contributed by atoms with E-state index in [2.05, 4.69) is 20.2 Å². The topological polar surface area (TPSA) is 71.3 Å². The number of aryl methyl sites for hydroxylation is 1. The molecule has 22 heavy (non-hydrogen) atoms. The van der Waals surface area contributed by atoms with E-state index in [1.165, 1.54) is 12.7 Å². The molecule has 0 atom stereocenters. The second-order valence-corrected chi connectivity index (χ2v) is 6.21. The first-order valence-corrected chi connectivity index (χ1v) is 8.04. The summed E-state index contributed by atoms with van der Waals surface area (Å²) in [5.74, 6) is 1.39. The number of fused-ring (bicyclic) bond motifs is 1.